The third-order valence-corrected chi connectivity index (χ3v) is 5.17. The van der Waals surface area contributed by atoms with Gasteiger partial charge in [-0.15, -0.1) is 0 Å². The van der Waals surface area contributed by atoms with Gasteiger partial charge in [0.1, 0.15) is 5.82 Å². The van der Waals surface area contributed by atoms with Crippen molar-refractivity contribution < 1.29 is 4.39 Å². The number of benzene rings is 3. The van der Waals surface area contributed by atoms with Crippen molar-refractivity contribution in [3.05, 3.63) is 107 Å². The van der Waals surface area contributed by atoms with Gasteiger partial charge in [0.05, 0.1) is 0 Å². The van der Waals surface area contributed by atoms with Crippen LogP contribution in [0.5, 0.6) is 0 Å². The molecule has 0 bridgehead atoms. The first-order valence-corrected chi connectivity index (χ1v) is 10.0. The van der Waals surface area contributed by atoms with Crippen LogP contribution in [0.15, 0.2) is 84.9 Å². The number of nitrogens with two attached hydrogens (primary N) is 1. The molecule has 2 nitrogen and oxygen atoms in total. The summed E-state index contributed by atoms with van der Waals surface area (Å²) in [7, 11) is 0. The van der Waals surface area contributed by atoms with Crippen LogP contribution >= 0.6 is 0 Å². The van der Waals surface area contributed by atoms with E-state index in [-0.39, 0.29) is 17.9 Å². The van der Waals surface area contributed by atoms with E-state index in [9.17, 15) is 4.39 Å². The molecular weight excluding hydrogens is 347 g/mol. The predicted molar refractivity (Wildman–Crippen MR) is 115 cm³/mol. The molecule has 0 fully saturated rings. The molecule has 0 saturated heterocycles. The van der Waals surface area contributed by atoms with E-state index in [0.717, 1.165) is 43.4 Å². The summed E-state index contributed by atoms with van der Waals surface area (Å²) in [5.74, 6) is -0.193. The molecule has 2 atom stereocenters. The largest absolute Gasteiger partial charge is 0.323 e. The molecule has 0 heterocycles. The molecule has 28 heavy (non-hydrogen) atoms. The number of hydrogen-bond acceptors (Lipinski definition) is 2. The Morgan fingerprint density at radius 2 is 1.36 bits per heavy atom. The quantitative estimate of drug-likeness (QED) is 0.520. The Morgan fingerprint density at radius 3 is 2.04 bits per heavy atom. The SMILES string of the molecule is NC(c1ccccc1)C(CCCc1ccccc1)NCCc1ccc(F)cc1. The summed E-state index contributed by atoms with van der Waals surface area (Å²) in [6.07, 6.45) is 4.00. The van der Waals surface area contributed by atoms with Gasteiger partial charge < -0.3 is 11.1 Å². The topological polar surface area (TPSA) is 38.0 Å². The minimum absolute atomic E-state index is 0.0507. The Balaban J connectivity index is 1.57. The highest BCUT2D eigenvalue weighted by atomic mass is 19.1. The summed E-state index contributed by atoms with van der Waals surface area (Å²) < 4.78 is 13.1. The highest BCUT2D eigenvalue weighted by molar-refractivity contribution is 5.21. The Hall–Kier alpha value is -2.49. The summed E-state index contributed by atoms with van der Waals surface area (Å²) >= 11 is 0. The normalized spacial score (nSPS) is 13.2. The van der Waals surface area contributed by atoms with Gasteiger partial charge >= 0.3 is 0 Å². The van der Waals surface area contributed by atoms with Crippen LogP contribution in [-0.2, 0) is 12.8 Å². The minimum atomic E-state index is -0.193. The van der Waals surface area contributed by atoms with Crippen molar-refractivity contribution in [2.24, 2.45) is 5.73 Å². The first-order chi connectivity index (χ1) is 13.7. The predicted octanol–water partition coefficient (Wildman–Crippen LogP) is 5.05. The van der Waals surface area contributed by atoms with Gasteiger partial charge in [-0.05, 0) is 61.1 Å². The summed E-state index contributed by atoms with van der Waals surface area (Å²) in [5.41, 5.74) is 10.3. The lowest BCUT2D eigenvalue weighted by Crippen LogP contribution is -2.40. The van der Waals surface area contributed by atoms with Gasteiger partial charge in [-0.25, -0.2) is 4.39 Å². The van der Waals surface area contributed by atoms with E-state index in [1.165, 1.54) is 17.7 Å². The zero-order valence-corrected chi connectivity index (χ0v) is 16.2. The number of halogens is 1. The molecule has 146 valence electrons. The molecule has 0 saturated carbocycles. The van der Waals surface area contributed by atoms with Gasteiger partial charge in [0.2, 0.25) is 0 Å². The van der Waals surface area contributed by atoms with E-state index in [4.69, 9.17) is 5.73 Å². The summed E-state index contributed by atoms with van der Waals surface area (Å²) in [6.45, 7) is 0.822. The Labute approximate surface area is 167 Å². The van der Waals surface area contributed by atoms with Gasteiger partial charge in [-0.2, -0.15) is 0 Å². The molecule has 3 heteroatoms. The highest BCUT2D eigenvalue weighted by Gasteiger charge is 2.18. The van der Waals surface area contributed by atoms with E-state index in [0.29, 0.717) is 0 Å². The Morgan fingerprint density at radius 1 is 0.750 bits per heavy atom. The second-order valence-electron chi connectivity index (χ2n) is 7.25. The molecule has 0 aliphatic heterocycles. The second-order valence-corrected chi connectivity index (χ2v) is 7.25. The van der Waals surface area contributed by atoms with Crippen molar-refractivity contribution in [3.63, 3.8) is 0 Å². The maximum atomic E-state index is 13.1. The lowest BCUT2D eigenvalue weighted by molar-refractivity contribution is 0.406. The van der Waals surface area contributed by atoms with E-state index in [2.05, 4.69) is 47.8 Å². The lowest BCUT2D eigenvalue weighted by Gasteiger charge is -2.26. The molecule has 3 rings (SSSR count). The van der Waals surface area contributed by atoms with Crippen molar-refractivity contribution in [1.29, 1.82) is 0 Å². The first kappa shape index (κ1) is 20.2. The van der Waals surface area contributed by atoms with E-state index in [1.54, 1.807) is 0 Å². The molecule has 3 aromatic rings. The second kappa shape index (κ2) is 10.7. The fraction of sp³-hybridized carbons (Fsp3) is 0.280. The zero-order valence-electron chi connectivity index (χ0n) is 16.2. The number of nitrogens with one attached hydrogen (secondary N) is 1. The van der Waals surface area contributed by atoms with Gasteiger partial charge in [0, 0.05) is 12.1 Å². The Bertz CT molecular complexity index is 803. The van der Waals surface area contributed by atoms with Crippen LogP contribution in [0.3, 0.4) is 0 Å². The van der Waals surface area contributed by atoms with Gasteiger partial charge in [0.25, 0.3) is 0 Å². The third-order valence-electron chi connectivity index (χ3n) is 5.17. The number of rotatable bonds is 10. The molecule has 0 aliphatic rings. The van der Waals surface area contributed by atoms with Gasteiger partial charge in [-0.3, -0.25) is 0 Å². The van der Waals surface area contributed by atoms with E-state index >= 15 is 0 Å². The summed E-state index contributed by atoms with van der Waals surface area (Å²) in [6, 6.07) is 27.7. The highest BCUT2D eigenvalue weighted by Crippen LogP contribution is 2.19. The molecule has 3 aromatic carbocycles. The molecular formula is C25H29FN2. The maximum absolute atomic E-state index is 13.1. The van der Waals surface area contributed by atoms with Crippen LogP contribution in [0, 0.1) is 5.82 Å². The summed E-state index contributed by atoms with van der Waals surface area (Å²) in [4.78, 5) is 0. The van der Waals surface area contributed by atoms with Crippen LogP contribution in [0.4, 0.5) is 4.39 Å². The van der Waals surface area contributed by atoms with E-state index in [1.807, 2.05) is 30.3 Å². The van der Waals surface area contributed by atoms with Crippen LogP contribution in [0.25, 0.3) is 0 Å². The smallest absolute Gasteiger partial charge is 0.123 e. The van der Waals surface area contributed by atoms with Crippen LogP contribution < -0.4 is 11.1 Å². The maximum Gasteiger partial charge on any atom is 0.123 e. The molecule has 0 aliphatic carbocycles. The zero-order chi connectivity index (χ0) is 19.6. The molecule has 2 unspecified atom stereocenters. The van der Waals surface area contributed by atoms with Crippen molar-refractivity contribution in [3.8, 4) is 0 Å². The fourth-order valence-corrected chi connectivity index (χ4v) is 3.54. The standard InChI is InChI=1S/C25H29FN2/c26-23-16-14-21(15-17-23)18-19-28-24(25(27)22-11-5-2-6-12-22)13-7-10-20-8-3-1-4-9-20/h1-6,8-9,11-12,14-17,24-25,28H,7,10,13,18-19,27H2. The average Bonchev–Trinajstić information content (AvgIpc) is 2.75. The van der Waals surface area contributed by atoms with Gasteiger partial charge in [0.15, 0.2) is 0 Å². The van der Waals surface area contributed by atoms with Crippen LogP contribution in [-0.4, -0.2) is 12.6 Å². The number of aryl methyl sites for hydroxylation is 1. The monoisotopic (exact) mass is 376 g/mol. The minimum Gasteiger partial charge on any atom is -0.323 e. The molecule has 0 aromatic heterocycles. The third kappa shape index (κ3) is 6.29. The van der Waals surface area contributed by atoms with Crippen molar-refractivity contribution >= 4 is 0 Å². The van der Waals surface area contributed by atoms with Crippen molar-refractivity contribution in [2.75, 3.05) is 6.54 Å². The van der Waals surface area contributed by atoms with Crippen LogP contribution in [0.1, 0.15) is 35.6 Å². The summed E-state index contributed by atoms with van der Waals surface area (Å²) in [5, 5.41) is 3.65. The van der Waals surface area contributed by atoms with Crippen LogP contribution in [0.2, 0.25) is 0 Å². The van der Waals surface area contributed by atoms with Gasteiger partial charge in [-0.1, -0.05) is 72.8 Å². The average molecular weight is 377 g/mol. The lowest BCUT2D eigenvalue weighted by atomic mass is 9.94. The number of hydrogen-bond donors (Lipinski definition) is 2. The van der Waals surface area contributed by atoms with Crippen molar-refractivity contribution in [2.45, 2.75) is 37.8 Å². The molecule has 3 N–H and O–H groups in total. The molecule has 0 spiro atoms. The van der Waals surface area contributed by atoms with Crippen molar-refractivity contribution in [1.82, 2.24) is 5.32 Å². The fourth-order valence-electron chi connectivity index (χ4n) is 3.54. The molecule has 0 radical (unpaired) electrons. The molecule has 0 amide bonds. The Kier molecular flexibility index (Phi) is 7.77. The van der Waals surface area contributed by atoms with E-state index < -0.39 is 0 Å². The first-order valence-electron chi connectivity index (χ1n) is 10.0.